The highest BCUT2D eigenvalue weighted by atomic mass is 16.2. The summed E-state index contributed by atoms with van der Waals surface area (Å²) in [4.78, 5) is 26.2. The van der Waals surface area contributed by atoms with Gasteiger partial charge in [-0.3, -0.25) is 4.79 Å². The van der Waals surface area contributed by atoms with Gasteiger partial charge in [0.25, 0.3) is 0 Å². The maximum absolute atomic E-state index is 12.3. The summed E-state index contributed by atoms with van der Waals surface area (Å²) in [7, 11) is 0. The van der Waals surface area contributed by atoms with Crippen LogP contribution in [0.2, 0.25) is 0 Å². The van der Waals surface area contributed by atoms with Crippen molar-refractivity contribution in [2.75, 3.05) is 13.1 Å². The van der Waals surface area contributed by atoms with Crippen molar-refractivity contribution in [3.63, 3.8) is 0 Å². The van der Waals surface area contributed by atoms with Gasteiger partial charge in [-0.25, -0.2) is 9.97 Å². The first-order valence-corrected chi connectivity index (χ1v) is 8.00. The molecule has 1 fully saturated rings. The zero-order valence-electron chi connectivity index (χ0n) is 12.6. The van der Waals surface area contributed by atoms with Crippen LogP contribution in [0.5, 0.6) is 0 Å². The van der Waals surface area contributed by atoms with Crippen molar-refractivity contribution in [3.8, 4) is 0 Å². The van der Waals surface area contributed by atoms with Gasteiger partial charge in [-0.1, -0.05) is 6.08 Å². The van der Waals surface area contributed by atoms with Crippen LogP contribution >= 0.6 is 0 Å². The number of nitrogens with one attached hydrogen (secondary N) is 1. The van der Waals surface area contributed by atoms with Gasteiger partial charge in [-0.2, -0.15) is 0 Å². The highest BCUT2D eigenvalue weighted by molar-refractivity contribution is 6.09. The van der Waals surface area contributed by atoms with Gasteiger partial charge in [0.2, 0.25) is 5.91 Å². The van der Waals surface area contributed by atoms with E-state index >= 15 is 0 Å². The summed E-state index contributed by atoms with van der Waals surface area (Å²) in [6.07, 6.45) is 9.85. The molecule has 1 amide bonds. The van der Waals surface area contributed by atoms with E-state index < -0.39 is 0 Å². The van der Waals surface area contributed by atoms with Crippen molar-refractivity contribution in [2.45, 2.75) is 12.8 Å². The van der Waals surface area contributed by atoms with E-state index in [1.54, 1.807) is 6.20 Å². The van der Waals surface area contributed by atoms with Gasteiger partial charge in [0.05, 0.1) is 11.7 Å². The number of carbonyl (C=O) groups excluding carboxylic acids is 1. The van der Waals surface area contributed by atoms with E-state index in [-0.39, 0.29) is 5.92 Å². The zero-order valence-corrected chi connectivity index (χ0v) is 12.6. The first-order valence-electron chi connectivity index (χ1n) is 8.00. The van der Waals surface area contributed by atoms with E-state index in [2.05, 4.69) is 27.1 Å². The van der Waals surface area contributed by atoms with Crippen molar-refractivity contribution < 1.29 is 4.79 Å². The standard InChI is InChI=1S/C18H16N4O/c23-18(11-1-2-11)22-8-5-12(10-22)13-3-6-19-15-9-21-17-14(16(13)15)4-7-20-17/h3-7,9,11,19H,1-2,8,10H2. The summed E-state index contributed by atoms with van der Waals surface area (Å²) >= 11 is 0. The second kappa shape index (κ2) is 4.65. The number of amides is 1. The van der Waals surface area contributed by atoms with Gasteiger partial charge in [-0.05, 0) is 36.1 Å². The number of rotatable bonds is 2. The number of nitrogens with zero attached hydrogens (tertiary/aromatic N) is 3. The molecule has 0 bridgehead atoms. The monoisotopic (exact) mass is 304 g/mol. The molecule has 3 aromatic rings. The van der Waals surface area contributed by atoms with Gasteiger partial charge in [0.15, 0.2) is 5.65 Å². The molecule has 5 nitrogen and oxygen atoms in total. The fraction of sp³-hybridized carbons (Fsp3) is 0.278. The Morgan fingerprint density at radius 3 is 3.04 bits per heavy atom. The van der Waals surface area contributed by atoms with Crippen LogP contribution in [-0.2, 0) is 4.79 Å². The van der Waals surface area contributed by atoms with E-state index in [4.69, 9.17) is 0 Å². The molecule has 1 aliphatic heterocycles. The van der Waals surface area contributed by atoms with Crippen LogP contribution in [0.4, 0.5) is 0 Å². The number of hydrogen-bond donors (Lipinski definition) is 1. The molecule has 0 spiro atoms. The van der Waals surface area contributed by atoms with Crippen LogP contribution in [0, 0.1) is 5.92 Å². The van der Waals surface area contributed by atoms with Crippen molar-refractivity contribution in [2.24, 2.45) is 5.92 Å². The van der Waals surface area contributed by atoms with Crippen molar-refractivity contribution in [1.29, 1.82) is 0 Å². The molecule has 23 heavy (non-hydrogen) atoms. The average Bonchev–Trinajstić information content (AvgIpc) is 3.12. The van der Waals surface area contributed by atoms with Crippen molar-refractivity contribution >= 4 is 33.4 Å². The molecule has 4 heterocycles. The molecule has 0 saturated heterocycles. The number of carbonyl (C=O) groups is 1. The Morgan fingerprint density at radius 2 is 2.17 bits per heavy atom. The lowest BCUT2D eigenvalue weighted by Gasteiger charge is -2.16. The van der Waals surface area contributed by atoms with E-state index in [0.29, 0.717) is 12.5 Å². The normalized spacial score (nSPS) is 17.9. The molecule has 0 radical (unpaired) electrons. The molecule has 0 unspecified atom stereocenters. The smallest absolute Gasteiger partial charge is 0.226 e. The number of H-pyrrole nitrogens is 1. The van der Waals surface area contributed by atoms with E-state index in [1.807, 2.05) is 23.4 Å². The molecule has 0 atom stereocenters. The quantitative estimate of drug-likeness (QED) is 0.792. The third-order valence-corrected chi connectivity index (χ3v) is 4.80. The second-order valence-electron chi connectivity index (χ2n) is 6.34. The minimum Gasteiger partial charge on any atom is -0.360 e. The molecule has 0 aromatic carbocycles. The fourth-order valence-corrected chi connectivity index (χ4v) is 3.43. The van der Waals surface area contributed by atoms with Gasteiger partial charge in [-0.15, -0.1) is 0 Å². The Balaban J connectivity index is 1.60. The van der Waals surface area contributed by atoms with Gasteiger partial charge in [0.1, 0.15) is 0 Å². The van der Waals surface area contributed by atoms with Crippen LogP contribution in [0.15, 0.2) is 36.8 Å². The molecular weight excluding hydrogens is 288 g/mol. The number of hydrogen-bond acceptors (Lipinski definition) is 3. The molecule has 5 rings (SSSR count). The average molecular weight is 304 g/mol. The number of aromatic nitrogens is 3. The summed E-state index contributed by atoms with van der Waals surface area (Å²) in [6, 6.07) is 4.09. The maximum atomic E-state index is 12.3. The highest BCUT2D eigenvalue weighted by Crippen LogP contribution is 2.35. The van der Waals surface area contributed by atoms with Crippen molar-refractivity contribution in [3.05, 3.63) is 42.4 Å². The molecule has 1 aliphatic carbocycles. The van der Waals surface area contributed by atoms with Crippen LogP contribution in [0.3, 0.4) is 0 Å². The topological polar surface area (TPSA) is 61.9 Å². The van der Waals surface area contributed by atoms with Crippen molar-refractivity contribution in [1.82, 2.24) is 19.9 Å². The summed E-state index contributed by atoms with van der Waals surface area (Å²) in [5.74, 6) is 0.587. The predicted octanol–water partition coefficient (Wildman–Crippen LogP) is 2.75. The second-order valence-corrected chi connectivity index (χ2v) is 6.34. The maximum Gasteiger partial charge on any atom is 0.226 e. The molecular formula is C18H16N4O. The highest BCUT2D eigenvalue weighted by Gasteiger charge is 2.34. The Morgan fingerprint density at radius 1 is 1.26 bits per heavy atom. The molecule has 5 heteroatoms. The van der Waals surface area contributed by atoms with Gasteiger partial charge >= 0.3 is 0 Å². The molecule has 3 aromatic heterocycles. The Bertz CT molecular complexity index is 967. The molecule has 1 saturated carbocycles. The van der Waals surface area contributed by atoms with Gasteiger partial charge in [0, 0.05) is 42.2 Å². The fourth-order valence-electron chi connectivity index (χ4n) is 3.43. The van der Waals surface area contributed by atoms with E-state index in [9.17, 15) is 4.79 Å². The lowest BCUT2D eigenvalue weighted by atomic mass is 10.0. The molecule has 2 aliphatic rings. The van der Waals surface area contributed by atoms with Crippen LogP contribution in [-0.4, -0.2) is 38.8 Å². The Kier molecular flexibility index (Phi) is 2.59. The van der Waals surface area contributed by atoms with E-state index in [0.717, 1.165) is 41.3 Å². The lowest BCUT2D eigenvalue weighted by molar-refractivity contribution is -0.131. The third-order valence-electron chi connectivity index (χ3n) is 4.80. The number of fused-ring (bicyclic) bond motifs is 3. The first-order chi connectivity index (χ1) is 11.3. The Hall–Kier alpha value is -2.69. The summed E-state index contributed by atoms with van der Waals surface area (Å²) in [6.45, 7) is 1.42. The lowest BCUT2D eigenvalue weighted by Crippen LogP contribution is -2.30. The van der Waals surface area contributed by atoms with Gasteiger partial charge < -0.3 is 9.88 Å². The minimum atomic E-state index is 0.277. The van der Waals surface area contributed by atoms with Crippen LogP contribution in [0.1, 0.15) is 18.4 Å². The molecule has 114 valence electrons. The predicted molar refractivity (Wildman–Crippen MR) is 88.7 cm³/mol. The molecule has 1 N–H and O–H groups in total. The zero-order chi connectivity index (χ0) is 15.4. The van der Waals surface area contributed by atoms with Crippen LogP contribution < -0.4 is 0 Å². The van der Waals surface area contributed by atoms with Crippen LogP contribution in [0.25, 0.3) is 27.5 Å². The third kappa shape index (κ3) is 1.96. The minimum absolute atomic E-state index is 0.277. The number of aromatic amines is 1. The SMILES string of the molecule is O=C(C1CC1)N1CC=C(c2cc[nH]c3cnc4nccc4c23)C1. The van der Waals surface area contributed by atoms with E-state index in [1.165, 1.54) is 11.1 Å². The summed E-state index contributed by atoms with van der Waals surface area (Å²) in [5.41, 5.74) is 4.15. The summed E-state index contributed by atoms with van der Waals surface area (Å²) in [5, 5.41) is 2.20. The first kappa shape index (κ1) is 12.8. The Labute approximate surface area is 133 Å². The largest absolute Gasteiger partial charge is 0.360 e. The summed E-state index contributed by atoms with van der Waals surface area (Å²) < 4.78 is 0. The number of pyridine rings is 2.